The van der Waals surface area contributed by atoms with Gasteiger partial charge in [0, 0.05) is 5.92 Å². The molecule has 0 aromatic rings. The van der Waals surface area contributed by atoms with E-state index in [4.69, 9.17) is 5.73 Å². The number of aliphatic hydroxyl groups is 1. The Kier molecular flexibility index (Phi) is 4.57. The Morgan fingerprint density at radius 3 is 2.25 bits per heavy atom. The molecule has 0 saturated heterocycles. The van der Waals surface area contributed by atoms with Gasteiger partial charge in [-0.05, 0) is 30.6 Å². The van der Waals surface area contributed by atoms with Crippen molar-refractivity contribution in [1.82, 2.24) is 0 Å². The number of rotatable bonds is 2. The van der Waals surface area contributed by atoms with Crippen molar-refractivity contribution < 1.29 is 9.90 Å². The molecule has 3 N–H and O–H groups in total. The van der Waals surface area contributed by atoms with Crippen LogP contribution in [0.15, 0.2) is 0 Å². The van der Waals surface area contributed by atoms with Crippen molar-refractivity contribution in [3.8, 4) is 0 Å². The molecule has 1 aliphatic carbocycles. The van der Waals surface area contributed by atoms with Gasteiger partial charge in [-0.1, -0.05) is 35.1 Å². The summed E-state index contributed by atoms with van der Waals surface area (Å²) in [4.78, 5) is 11.3. The summed E-state index contributed by atoms with van der Waals surface area (Å²) in [7, 11) is 0. The lowest BCUT2D eigenvalue weighted by Crippen LogP contribution is -2.50. The van der Waals surface area contributed by atoms with Crippen LogP contribution in [0.1, 0.15) is 54.4 Å². The first-order chi connectivity index (χ1) is 6.69. The highest BCUT2D eigenvalue weighted by atomic mass is 16.3. The van der Waals surface area contributed by atoms with Crippen LogP contribution in [0.3, 0.4) is 0 Å². The molecular formula is C13H27NO2. The number of carbonyl (C=O) groups is 1. The SMILES string of the molecule is C.CC(C)C1(O)CCC(C(N)=O)C(C)(C)C1. The zero-order valence-electron chi connectivity index (χ0n) is 10.2. The van der Waals surface area contributed by atoms with Crippen molar-refractivity contribution in [3.05, 3.63) is 0 Å². The van der Waals surface area contributed by atoms with Gasteiger partial charge in [0.2, 0.25) is 5.91 Å². The third-order valence-electron chi connectivity index (χ3n) is 3.99. The first-order valence-corrected chi connectivity index (χ1v) is 5.71. The van der Waals surface area contributed by atoms with E-state index in [0.717, 1.165) is 0 Å². The Morgan fingerprint density at radius 2 is 1.94 bits per heavy atom. The lowest BCUT2D eigenvalue weighted by atomic mass is 9.60. The highest BCUT2D eigenvalue weighted by Gasteiger charge is 2.47. The normalized spacial score (nSPS) is 33.2. The number of hydrogen-bond donors (Lipinski definition) is 2. The van der Waals surface area contributed by atoms with E-state index >= 15 is 0 Å². The third kappa shape index (κ3) is 2.76. The maximum Gasteiger partial charge on any atom is 0.221 e. The van der Waals surface area contributed by atoms with E-state index in [9.17, 15) is 9.90 Å². The molecule has 0 spiro atoms. The molecule has 96 valence electrons. The van der Waals surface area contributed by atoms with Crippen molar-refractivity contribution in [2.75, 3.05) is 0 Å². The summed E-state index contributed by atoms with van der Waals surface area (Å²) in [5, 5.41) is 10.4. The molecule has 3 nitrogen and oxygen atoms in total. The van der Waals surface area contributed by atoms with Gasteiger partial charge in [0.15, 0.2) is 0 Å². The van der Waals surface area contributed by atoms with E-state index in [-0.39, 0.29) is 30.6 Å². The summed E-state index contributed by atoms with van der Waals surface area (Å²) in [6.07, 6.45) is 2.05. The van der Waals surface area contributed by atoms with Crippen LogP contribution in [-0.2, 0) is 4.79 Å². The van der Waals surface area contributed by atoms with Crippen molar-refractivity contribution in [2.45, 2.75) is 60.0 Å². The lowest BCUT2D eigenvalue weighted by Gasteiger charge is -2.47. The quantitative estimate of drug-likeness (QED) is 0.763. The maximum absolute atomic E-state index is 11.3. The van der Waals surface area contributed by atoms with Crippen molar-refractivity contribution >= 4 is 5.91 Å². The summed E-state index contributed by atoms with van der Waals surface area (Å²) in [5.74, 6) is -0.104. The Bertz CT molecular complexity index is 261. The second kappa shape index (κ2) is 4.74. The molecule has 2 atom stereocenters. The van der Waals surface area contributed by atoms with Gasteiger partial charge in [-0.3, -0.25) is 4.79 Å². The molecule has 0 aromatic carbocycles. The monoisotopic (exact) mass is 229 g/mol. The molecule has 0 aromatic heterocycles. The third-order valence-corrected chi connectivity index (χ3v) is 3.99. The first kappa shape index (κ1) is 15.4. The zero-order chi connectivity index (χ0) is 11.9. The molecule has 0 radical (unpaired) electrons. The van der Waals surface area contributed by atoms with Crippen molar-refractivity contribution in [2.24, 2.45) is 23.0 Å². The predicted molar refractivity (Wildman–Crippen MR) is 66.8 cm³/mol. The van der Waals surface area contributed by atoms with E-state index < -0.39 is 5.60 Å². The first-order valence-electron chi connectivity index (χ1n) is 5.71. The van der Waals surface area contributed by atoms with E-state index in [1.54, 1.807) is 0 Å². The van der Waals surface area contributed by atoms with Gasteiger partial charge >= 0.3 is 0 Å². The second-order valence-electron chi connectivity index (χ2n) is 5.92. The minimum atomic E-state index is -0.630. The largest absolute Gasteiger partial charge is 0.390 e. The second-order valence-corrected chi connectivity index (χ2v) is 5.92. The topological polar surface area (TPSA) is 63.3 Å². The average Bonchev–Trinajstić information content (AvgIpc) is 2.00. The molecule has 0 heterocycles. The van der Waals surface area contributed by atoms with Gasteiger partial charge in [0.05, 0.1) is 5.60 Å². The fourth-order valence-electron chi connectivity index (χ4n) is 2.81. The van der Waals surface area contributed by atoms with Crippen LogP contribution < -0.4 is 5.73 Å². The molecular weight excluding hydrogens is 202 g/mol. The molecule has 1 rings (SSSR count). The van der Waals surface area contributed by atoms with Gasteiger partial charge in [-0.15, -0.1) is 0 Å². The standard InChI is InChI=1S/C12H23NO2.CH4/c1-8(2)12(15)6-5-9(10(13)14)11(3,4)7-12;/h8-9,15H,5-7H2,1-4H3,(H2,13,14);1H4. The van der Waals surface area contributed by atoms with Crippen molar-refractivity contribution in [3.63, 3.8) is 0 Å². The van der Waals surface area contributed by atoms with E-state index in [0.29, 0.717) is 19.3 Å². The minimum absolute atomic E-state index is 0. The Labute approximate surface area is 99.4 Å². The van der Waals surface area contributed by atoms with Crippen molar-refractivity contribution in [1.29, 1.82) is 0 Å². The van der Waals surface area contributed by atoms with Crippen LogP contribution in [0.4, 0.5) is 0 Å². The summed E-state index contributed by atoms with van der Waals surface area (Å²) >= 11 is 0. The summed E-state index contributed by atoms with van der Waals surface area (Å²) in [6, 6.07) is 0. The van der Waals surface area contributed by atoms with Crippen LogP contribution in [0, 0.1) is 17.3 Å². The van der Waals surface area contributed by atoms with E-state index in [1.807, 2.05) is 27.7 Å². The molecule has 1 amide bonds. The van der Waals surface area contributed by atoms with E-state index in [2.05, 4.69) is 0 Å². The van der Waals surface area contributed by atoms with Crippen LogP contribution in [0.2, 0.25) is 0 Å². The molecule has 2 unspecified atom stereocenters. The zero-order valence-corrected chi connectivity index (χ0v) is 10.2. The molecule has 1 fully saturated rings. The molecule has 0 aliphatic heterocycles. The van der Waals surface area contributed by atoms with Gasteiger partial charge in [0.1, 0.15) is 0 Å². The summed E-state index contributed by atoms with van der Waals surface area (Å²) < 4.78 is 0. The van der Waals surface area contributed by atoms with Gasteiger partial charge in [-0.25, -0.2) is 0 Å². The molecule has 16 heavy (non-hydrogen) atoms. The number of hydrogen-bond acceptors (Lipinski definition) is 2. The predicted octanol–water partition coefficient (Wildman–Crippen LogP) is 2.32. The van der Waals surface area contributed by atoms with E-state index in [1.165, 1.54) is 0 Å². The van der Waals surface area contributed by atoms with Crippen LogP contribution in [0.25, 0.3) is 0 Å². The summed E-state index contributed by atoms with van der Waals surface area (Å²) in [6.45, 7) is 8.10. The fourth-order valence-corrected chi connectivity index (χ4v) is 2.81. The average molecular weight is 229 g/mol. The van der Waals surface area contributed by atoms with Crippen LogP contribution in [0.5, 0.6) is 0 Å². The summed E-state index contributed by atoms with van der Waals surface area (Å²) in [5.41, 5.74) is 4.57. The smallest absolute Gasteiger partial charge is 0.221 e. The number of carbonyl (C=O) groups excluding carboxylic acids is 1. The van der Waals surface area contributed by atoms with Gasteiger partial charge in [-0.2, -0.15) is 0 Å². The number of amides is 1. The van der Waals surface area contributed by atoms with Crippen LogP contribution >= 0.6 is 0 Å². The lowest BCUT2D eigenvalue weighted by molar-refractivity contribution is -0.137. The Balaban J connectivity index is 0.00000225. The number of primary amides is 1. The van der Waals surface area contributed by atoms with Crippen LogP contribution in [-0.4, -0.2) is 16.6 Å². The molecule has 0 bridgehead atoms. The molecule has 1 aliphatic rings. The highest BCUT2D eigenvalue weighted by molar-refractivity contribution is 5.77. The molecule has 3 heteroatoms. The Hall–Kier alpha value is -0.570. The maximum atomic E-state index is 11.3. The Morgan fingerprint density at radius 1 is 1.44 bits per heavy atom. The minimum Gasteiger partial charge on any atom is -0.390 e. The highest BCUT2D eigenvalue weighted by Crippen LogP contribution is 2.47. The molecule has 1 saturated carbocycles. The van der Waals surface area contributed by atoms with Gasteiger partial charge < -0.3 is 10.8 Å². The fraction of sp³-hybridized carbons (Fsp3) is 0.923. The van der Waals surface area contributed by atoms with Gasteiger partial charge in [0.25, 0.3) is 0 Å². The number of nitrogens with two attached hydrogens (primary N) is 1.